The van der Waals surface area contributed by atoms with Gasteiger partial charge in [-0.1, -0.05) is 226 Å². The average Bonchev–Trinajstić information content (AvgIpc) is 3.34. The smallest absolute Gasteiger partial charge is 0.310 e. The molecule has 0 saturated carbocycles. The lowest BCUT2D eigenvalue weighted by Gasteiger charge is -2.18. The van der Waals surface area contributed by atoms with Crippen molar-refractivity contribution in [2.45, 2.75) is 239 Å². The van der Waals surface area contributed by atoms with Crippen molar-refractivity contribution in [3.05, 3.63) is 122 Å². The van der Waals surface area contributed by atoms with Crippen molar-refractivity contribution in [3.63, 3.8) is 0 Å². The maximum atomic E-state index is 12.8. The van der Waals surface area contributed by atoms with Crippen LogP contribution in [0.15, 0.2) is 122 Å². The first kappa shape index (κ1) is 63.8. The Bertz CT molecular complexity index is 1450. The van der Waals surface area contributed by atoms with Crippen LogP contribution in [-0.4, -0.2) is 37.2 Å². The summed E-state index contributed by atoms with van der Waals surface area (Å²) in [7, 11) is 0. The zero-order valence-corrected chi connectivity index (χ0v) is 43.8. The van der Waals surface area contributed by atoms with Gasteiger partial charge in [0, 0.05) is 12.8 Å². The van der Waals surface area contributed by atoms with Crippen LogP contribution in [-0.2, 0) is 28.6 Å². The van der Waals surface area contributed by atoms with E-state index in [9.17, 15) is 14.4 Å². The van der Waals surface area contributed by atoms with E-state index in [0.717, 1.165) is 109 Å². The Morgan fingerprint density at radius 2 is 0.618 bits per heavy atom. The van der Waals surface area contributed by atoms with Gasteiger partial charge in [-0.25, -0.2) is 0 Å². The maximum absolute atomic E-state index is 12.8. The van der Waals surface area contributed by atoms with Crippen molar-refractivity contribution in [2.75, 3.05) is 13.2 Å². The van der Waals surface area contributed by atoms with Crippen molar-refractivity contribution in [1.82, 2.24) is 0 Å². The predicted octanol–water partition coefficient (Wildman–Crippen LogP) is 18.5. The Hall–Kier alpha value is -4.19. The van der Waals surface area contributed by atoms with E-state index in [1.807, 2.05) is 6.08 Å². The molecule has 0 amide bonds. The highest BCUT2D eigenvalue weighted by Gasteiger charge is 2.19. The van der Waals surface area contributed by atoms with Gasteiger partial charge in [-0.3, -0.25) is 14.4 Å². The summed E-state index contributed by atoms with van der Waals surface area (Å²) in [5.74, 6) is -1.08. The van der Waals surface area contributed by atoms with Crippen molar-refractivity contribution < 1.29 is 28.6 Å². The maximum Gasteiger partial charge on any atom is 0.310 e. The topological polar surface area (TPSA) is 78.9 Å². The molecule has 0 aliphatic rings. The van der Waals surface area contributed by atoms with Crippen molar-refractivity contribution >= 4 is 17.9 Å². The van der Waals surface area contributed by atoms with E-state index < -0.39 is 12.1 Å². The zero-order valence-electron chi connectivity index (χ0n) is 43.8. The van der Waals surface area contributed by atoms with Crippen molar-refractivity contribution in [3.8, 4) is 0 Å². The highest BCUT2D eigenvalue weighted by molar-refractivity contribution is 5.72. The molecule has 0 bridgehead atoms. The van der Waals surface area contributed by atoms with Crippen LogP contribution in [0.2, 0.25) is 0 Å². The number of esters is 3. The number of allylic oxidation sites excluding steroid dienone is 19. The minimum atomic E-state index is -0.842. The zero-order chi connectivity index (χ0) is 49.3. The quantitative estimate of drug-likeness (QED) is 0.0262. The van der Waals surface area contributed by atoms with E-state index in [0.29, 0.717) is 19.3 Å². The van der Waals surface area contributed by atoms with Gasteiger partial charge in [-0.2, -0.15) is 0 Å². The Morgan fingerprint density at radius 3 is 0.985 bits per heavy atom. The number of hydrogen-bond acceptors (Lipinski definition) is 6. The third-order valence-electron chi connectivity index (χ3n) is 11.2. The Morgan fingerprint density at radius 1 is 0.324 bits per heavy atom. The highest BCUT2D eigenvalue weighted by atomic mass is 16.6. The second kappa shape index (κ2) is 55.4. The molecule has 0 N–H and O–H groups in total. The first-order chi connectivity index (χ1) is 33.5. The number of rotatable bonds is 48. The second-order valence-corrected chi connectivity index (χ2v) is 17.7. The van der Waals surface area contributed by atoms with E-state index >= 15 is 0 Å². The molecule has 0 aromatic heterocycles. The minimum absolute atomic E-state index is 0.0893. The van der Waals surface area contributed by atoms with E-state index in [2.05, 4.69) is 130 Å². The van der Waals surface area contributed by atoms with E-state index in [1.54, 1.807) is 6.08 Å². The van der Waals surface area contributed by atoms with Gasteiger partial charge in [0.25, 0.3) is 0 Å². The highest BCUT2D eigenvalue weighted by Crippen LogP contribution is 2.13. The molecule has 0 spiro atoms. The molecule has 68 heavy (non-hydrogen) atoms. The van der Waals surface area contributed by atoms with Gasteiger partial charge in [0.05, 0.1) is 6.42 Å². The Balaban J connectivity index is 4.50. The number of carbonyl (C=O) groups excluding carboxylic acids is 3. The van der Waals surface area contributed by atoms with Gasteiger partial charge in [0.1, 0.15) is 13.2 Å². The summed E-state index contributed by atoms with van der Waals surface area (Å²) in [6.07, 6.45) is 76.4. The summed E-state index contributed by atoms with van der Waals surface area (Å²) in [5.41, 5.74) is 0. The molecule has 384 valence electrons. The summed E-state index contributed by atoms with van der Waals surface area (Å²) >= 11 is 0. The van der Waals surface area contributed by atoms with Gasteiger partial charge < -0.3 is 14.2 Å². The van der Waals surface area contributed by atoms with Gasteiger partial charge in [0.2, 0.25) is 0 Å². The molecular weight excluding hydrogens is 841 g/mol. The summed E-state index contributed by atoms with van der Waals surface area (Å²) in [6, 6.07) is 0. The lowest BCUT2D eigenvalue weighted by molar-refractivity contribution is -0.166. The SMILES string of the molecule is CC/C=C\C/C=C\C/C=C\C/C=C\C/C=C\CC(=O)OC(COC(=O)CCCCCCC/C=C\CCCCCCC)COC(=O)CCCCCCCCCC/C=C\C/C=C\C/C=C\C/C=C\CC. The van der Waals surface area contributed by atoms with Crippen LogP contribution < -0.4 is 0 Å². The standard InChI is InChI=1S/C62H100O6/c1-4-7-10-13-16-19-22-25-28-29-30-31-32-33-35-37-40-43-46-49-52-55-61(64)67-58-59(57-66-60(63)54-51-48-45-42-39-36-27-24-21-18-15-12-9-6-3)68-62(65)56-53-50-47-44-41-38-34-26-23-20-17-14-11-8-5-2/h7-8,10-11,16-17,19-20,24-28,30-31,34,41,44,50,53,59H,4-6,9,12-15,18,21-23,29,32-33,35-40,42-43,45-49,51-52,54-58H2,1-3H3/b10-7-,11-8-,19-16-,20-17-,27-24-,28-25-,31-30-,34-26-,44-41-,53-50-. The van der Waals surface area contributed by atoms with E-state index in [1.165, 1.54) is 77.0 Å². The normalized spacial score (nSPS) is 13.0. The minimum Gasteiger partial charge on any atom is -0.462 e. The lowest BCUT2D eigenvalue weighted by atomic mass is 10.1. The number of carbonyl (C=O) groups is 3. The molecule has 0 radical (unpaired) electrons. The molecule has 1 atom stereocenters. The molecule has 0 rings (SSSR count). The molecule has 0 aliphatic carbocycles. The fraction of sp³-hybridized carbons (Fsp3) is 0.629. The third-order valence-corrected chi connectivity index (χ3v) is 11.2. The summed E-state index contributed by atoms with van der Waals surface area (Å²) < 4.78 is 16.7. The van der Waals surface area contributed by atoms with Gasteiger partial charge in [0.15, 0.2) is 6.10 Å². The number of unbranched alkanes of at least 4 members (excludes halogenated alkanes) is 18. The van der Waals surface area contributed by atoms with Crippen LogP contribution in [0.4, 0.5) is 0 Å². The molecule has 0 aromatic carbocycles. The summed E-state index contributed by atoms with van der Waals surface area (Å²) in [5, 5.41) is 0. The van der Waals surface area contributed by atoms with E-state index in [-0.39, 0.29) is 31.6 Å². The van der Waals surface area contributed by atoms with Crippen LogP contribution in [0, 0.1) is 0 Å². The molecule has 0 aromatic rings. The molecule has 0 heterocycles. The predicted molar refractivity (Wildman–Crippen MR) is 293 cm³/mol. The van der Waals surface area contributed by atoms with E-state index in [4.69, 9.17) is 14.2 Å². The molecule has 1 unspecified atom stereocenters. The van der Waals surface area contributed by atoms with Gasteiger partial charge in [-0.15, -0.1) is 0 Å². The molecule has 6 nitrogen and oxygen atoms in total. The second-order valence-electron chi connectivity index (χ2n) is 17.7. The Kier molecular flexibility index (Phi) is 52.0. The first-order valence-corrected chi connectivity index (χ1v) is 27.5. The molecule has 0 aliphatic heterocycles. The first-order valence-electron chi connectivity index (χ1n) is 27.5. The lowest BCUT2D eigenvalue weighted by Crippen LogP contribution is -2.30. The number of ether oxygens (including phenoxy) is 3. The van der Waals surface area contributed by atoms with Crippen LogP contribution in [0.25, 0.3) is 0 Å². The summed E-state index contributed by atoms with van der Waals surface area (Å²) in [4.78, 5) is 38.0. The fourth-order valence-corrected chi connectivity index (χ4v) is 7.15. The van der Waals surface area contributed by atoms with Crippen LogP contribution >= 0.6 is 0 Å². The van der Waals surface area contributed by atoms with Crippen LogP contribution in [0.5, 0.6) is 0 Å². The largest absolute Gasteiger partial charge is 0.462 e. The van der Waals surface area contributed by atoms with Crippen molar-refractivity contribution in [2.24, 2.45) is 0 Å². The molecule has 0 saturated heterocycles. The monoisotopic (exact) mass is 941 g/mol. The van der Waals surface area contributed by atoms with Crippen LogP contribution in [0.1, 0.15) is 233 Å². The molecule has 0 fully saturated rings. The van der Waals surface area contributed by atoms with Crippen LogP contribution in [0.3, 0.4) is 0 Å². The Labute approximate surface area is 418 Å². The van der Waals surface area contributed by atoms with Gasteiger partial charge in [-0.05, 0) is 109 Å². The van der Waals surface area contributed by atoms with Gasteiger partial charge >= 0.3 is 17.9 Å². The summed E-state index contributed by atoms with van der Waals surface area (Å²) in [6.45, 7) is 6.30. The average molecular weight is 941 g/mol. The van der Waals surface area contributed by atoms with Crippen molar-refractivity contribution in [1.29, 1.82) is 0 Å². The molecular formula is C62H100O6. The number of hydrogen-bond donors (Lipinski definition) is 0. The fourth-order valence-electron chi connectivity index (χ4n) is 7.15. The third kappa shape index (κ3) is 52.8. The molecule has 6 heteroatoms.